The Morgan fingerprint density at radius 1 is 1.12 bits per heavy atom. The van der Waals surface area contributed by atoms with Crippen LogP contribution in [-0.2, 0) is 14.3 Å². The molecular weight excluding hydrogens is 434 g/mol. The Hall–Kier alpha value is -3.30. The Morgan fingerprint density at radius 3 is 2.55 bits per heavy atom. The van der Waals surface area contributed by atoms with Gasteiger partial charge in [0.1, 0.15) is 11.6 Å². The molecule has 2 heterocycles. The molecule has 1 N–H and O–H groups in total. The second-order valence-electron chi connectivity index (χ2n) is 7.85. The van der Waals surface area contributed by atoms with E-state index in [1.165, 1.54) is 42.3 Å². The Bertz CT molecular complexity index is 1100. The van der Waals surface area contributed by atoms with Crippen molar-refractivity contribution in [3.8, 4) is 5.75 Å². The number of nitrogens with zero attached hydrogens (tertiary/aromatic N) is 2. The molecule has 0 aliphatic carbocycles. The molecule has 0 spiro atoms. The van der Waals surface area contributed by atoms with Crippen LogP contribution in [-0.4, -0.2) is 73.1 Å². The summed E-state index contributed by atoms with van der Waals surface area (Å²) in [6.07, 6.45) is 0. The van der Waals surface area contributed by atoms with E-state index in [9.17, 15) is 23.5 Å². The number of likely N-dealkylation sites (tertiary alicyclic amines) is 1. The van der Waals surface area contributed by atoms with Gasteiger partial charge >= 0.3 is 0 Å². The first-order chi connectivity index (χ1) is 15.9. The number of hydrogen-bond donors (Lipinski definition) is 1. The number of Topliss-reactive ketones (excluding diaryl/α,β-unsaturated/α-hetero) is 1. The maximum Gasteiger partial charge on any atom is 0.295 e. The van der Waals surface area contributed by atoms with Crippen molar-refractivity contribution < 1.29 is 33.0 Å². The zero-order chi connectivity index (χ0) is 23.5. The van der Waals surface area contributed by atoms with Crippen molar-refractivity contribution in [3.05, 3.63) is 70.8 Å². The van der Waals surface area contributed by atoms with E-state index in [1.807, 2.05) is 0 Å². The summed E-state index contributed by atoms with van der Waals surface area (Å²) in [4.78, 5) is 29.4. The Labute approximate surface area is 189 Å². The molecule has 0 saturated carbocycles. The van der Waals surface area contributed by atoms with E-state index in [0.29, 0.717) is 38.4 Å². The predicted octanol–water partition coefficient (Wildman–Crippen LogP) is 2.73. The molecule has 0 radical (unpaired) electrons. The number of morpholine rings is 1. The van der Waals surface area contributed by atoms with E-state index in [0.717, 1.165) is 6.07 Å². The van der Waals surface area contributed by atoms with Crippen molar-refractivity contribution in [2.45, 2.75) is 6.04 Å². The monoisotopic (exact) mass is 458 g/mol. The van der Waals surface area contributed by atoms with Crippen molar-refractivity contribution in [1.29, 1.82) is 0 Å². The minimum absolute atomic E-state index is 0.0147. The summed E-state index contributed by atoms with van der Waals surface area (Å²) in [5.41, 5.74) is 0.143. The minimum atomic E-state index is -1.01. The maximum absolute atomic E-state index is 14.3. The lowest BCUT2D eigenvalue weighted by Crippen LogP contribution is -2.42. The zero-order valence-corrected chi connectivity index (χ0v) is 18.1. The average molecular weight is 458 g/mol. The first-order valence-electron chi connectivity index (χ1n) is 10.6. The standard InChI is InChI=1S/C24H24F2N2O5/c1-32-19-6-5-16(14-18(19)26)22(29)20-21(15-3-2-4-17(25)13-15)28(24(31)23(20)30)8-7-27-9-11-33-12-10-27/h2-6,13-14,21,29H,7-12H2,1H3/t21-/m1/s1. The number of rotatable bonds is 6. The number of methoxy groups -OCH3 is 1. The lowest BCUT2D eigenvalue weighted by Gasteiger charge is -2.31. The zero-order valence-electron chi connectivity index (χ0n) is 18.1. The maximum atomic E-state index is 14.3. The van der Waals surface area contributed by atoms with Gasteiger partial charge in [0, 0.05) is 31.7 Å². The molecule has 9 heteroatoms. The molecule has 33 heavy (non-hydrogen) atoms. The van der Waals surface area contributed by atoms with Crippen LogP contribution in [0.3, 0.4) is 0 Å². The van der Waals surface area contributed by atoms with Gasteiger partial charge in [-0.05, 0) is 35.9 Å². The highest BCUT2D eigenvalue weighted by molar-refractivity contribution is 6.46. The van der Waals surface area contributed by atoms with Crippen molar-refractivity contribution in [3.63, 3.8) is 0 Å². The summed E-state index contributed by atoms with van der Waals surface area (Å²) in [5.74, 6) is -3.53. The van der Waals surface area contributed by atoms with E-state index in [-0.39, 0.29) is 23.4 Å². The Kier molecular flexibility index (Phi) is 6.71. The first kappa shape index (κ1) is 22.9. The fraction of sp³-hybridized carbons (Fsp3) is 0.333. The summed E-state index contributed by atoms with van der Waals surface area (Å²) in [6, 6.07) is 8.26. The van der Waals surface area contributed by atoms with Crippen molar-refractivity contribution in [1.82, 2.24) is 9.80 Å². The average Bonchev–Trinajstić information content (AvgIpc) is 3.07. The highest BCUT2D eigenvalue weighted by Crippen LogP contribution is 2.39. The smallest absolute Gasteiger partial charge is 0.295 e. The van der Waals surface area contributed by atoms with E-state index in [4.69, 9.17) is 9.47 Å². The molecule has 174 valence electrons. The third kappa shape index (κ3) is 4.60. The highest BCUT2D eigenvalue weighted by Gasteiger charge is 2.46. The fourth-order valence-electron chi connectivity index (χ4n) is 4.18. The van der Waals surface area contributed by atoms with Gasteiger partial charge in [0.15, 0.2) is 11.6 Å². The van der Waals surface area contributed by atoms with Gasteiger partial charge in [0.05, 0.1) is 31.9 Å². The Balaban J connectivity index is 1.75. The van der Waals surface area contributed by atoms with Crippen LogP contribution in [0, 0.1) is 11.6 Å². The lowest BCUT2D eigenvalue weighted by atomic mass is 9.95. The number of hydrogen-bond acceptors (Lipinski definition) is 6. The van der Waals surface area contributed by atoms with Gasteiger partial charge in [-0.25, -0.2) is 8.78 Å². The van der Waals surface area contributed by atoms with Crippen LogP contribution in [0.2, 0.25) is 0 Å². The third-order valence-corrected chi connectivity index (χ3v) is 5.89. The summed E-state index contributed by atoms with van der Waals surface area (Å²) >= 11 is 0. The van der Waals surface area contributed by atoms with E-state index in [2.05, 4.69) is 4.90 Å². The third-order valence-electron chi connectivity index (χ3n) is 5.89. The van der Waals surface area contributed by atoms with E-state index in [1.54, 1.807) is 6.07 Å². The number of carbonyl (C=O) groups is 2. The fourth-order valence-corrected chi connectivity index (χ4v) is 4.18. The summed E-state index contributed by atoms with van der Waals surface area (Å²) in [6.45, 7) is 3.22. The van der Waals surface area contributed by atoms with Crippen molar-refractivity contribution in [2.75, 3.05) is 46.5 Å². The summed E-state index contributed by atoms with van der Waals surface area (Å²) in [5, 5.41) is 11.0. The van der Waals surface area contributed by atoms with Crippen LogP contribution in [0.15, 0.2) is 48.0 Å². The molecule has 2 aromatic carbocycles. The number of ketones is 1. The molecule has 1 amide bonds. The summed E-state index contributed by atoms with van der Waals surface area (Å²) < 4.78 is 38.6. The predicted molar refractivity (Wildman–Crippen MR) is 116 cm³/mol. The normalized spacial score (nSPS) is 20.9. The van der Waals surface area contributed by atoms with Crippen LogP contribution < -0.4 is 4.74 Å². The number of benzene rings is 2. The number of aliphatic hydroxyl groups excluding tert-OH is 1. The van der Waals surface area contributed by atoms with Gasteiger partial charge in [-0.2, -0.15) is 0 Å². The molecule has 2 saturated heterocycles. The largest absolute Gasteiger partial charge is 0.507 e. The molecular formula is C24H24F2N2O5. The topological polar surface area (TPSA) is 79.3 Å². The molecule has 2 aliphatic heterocycles. The molecule has 7 nitrogen and oxygen atoms in total. The number of halogens is 2. The van der Waals surface area contributed by atoms with Crippen LogP contribution in [0.1, 0.15) is 17.2 Å². The van der Waals surface area contributed by atoms with E-state index >= 15 is 0 Å². The molecule has 4 rings (SSSR count). The molecule has 2 aromatic rings. The van der Waals surface area contributed by atoms with E-state index < -0.39 is 35.1 Å². The number of ether oxygens (including phenoxy) is 2. The van der Waals surface area contributed by atoms with Crippen molar-refractivity contribution >= 4 is 17.4 Å². The quantitative estimate of drug-likeness (QED) is 0.408. The first-order valence-corrected chi connectivity index (χ1v) is 10.6. The Morgan fingerprint density at radius 2 is 1.88 bits per heavy atom. The SMILES string of the molecule is COc1ccc(C(O)=C2C(=O)C(=O)N(CCN3CCOCC3)[C@@H]2c2cccc(F)c2)cc1F. The molecule has 0 unspecified atom stereocenters. The van der Waals surface area contributed by atoms with Gasteiger partial charge in [0.2, 0.25) is 0 Å². The lowest BCUT2D eigenvalue weighted by molar-refractivity contribution is -0.140. The van der Waals surface area contributed by atoms with Crippen LogP contribution in [0.4, 0.5) is 8.78 Å². The number of carbonyl (C=O) groups excluding carboxylic acids is 2. The van der Waals surface area contributed by atoms with Crippen LogP contribution in [0.25, 0.3) is 5.76 Å². The minimum Gasteiger partial charge on any atom is -0.507 e. The number of amides is 1. The van der Waals surface area contributed by atoms with Crippen LogP contribution in [0.5, 0.6) is 5.75 Å². The second kappa shape index (κ2) is 9.68. The number of aliphatic hydroxyl groups is 1. The second-order valence-corrected chi connectivity index (χ2v) is 7.85. The molecule has 2 fully saturated rings. The van der Waals surface area contributed by atoms with Gasteiger partial charge in [-0.1, -0.05) is 12.1 Å². The molecule has 0 aromatic heterocycles. The van der Waals surface area contributed by atoms with Crippen LogP contribution >= 0.6 is 0 Å². The van der Waals surface area contributed by atoms with Gasteiger partial charge in [-0.15, -0.1) is 0 Å². The molecule has 2 aliphatic rings. The van der Waals surface area contributed by atoms with Gasteiger partial charge in [-0.3, -0.25) is 14.5 Å². The summed E-state index contributed by atoms with van der Waals surface area (Å²) in [7, 11) is 1.31. The molecule has 1 atom stereocenters. The highest BCUT2D eigenvalue weighted by atomic mass is 19.1. The van der Waals surface area contributed by atoms with Gasteiger partial charge < -0.3 is 19.5 Å². The van der Waals surface area contributed by atoms with Crippen molar-refractivity contribution in [2.24, 2.45) is 0 Å². The molecule has 0 bridgehead atoms. The van der Waals surface area contributed by atoms with Gasteiger partial charge in [0.25, 0.3) is 11.7 Å².